The highest BCUT2D eigenvalue weighted by molar-refractivity contribution is 6.30. The number of hydrogen-bond donors (Lipinski definition) is 2. The Labute approximate surface area is 142 Å². The van der Waals surface area contributed by atoms with Crippen LogP contribution in [0.1, 0.15) is 17.3 Å². The molecule has 0 saturated carbocycles. The van der Waals surface area contributed by atoms with Crippen LogP contribution in [0.25, 0.3) is 0 Å². The average Bonchev–Trinajstić information content (AvgIpc) is 2.93. The number of carbonyl (C=O) groups excluding carboxylic acids is 1. The number of amides is 2. The van der Waals surface area contributed by atoms with E-state index in [9.17, 15) is 4.79 Å². The van der Waals surface area contributed by atoms with Gasteiger partial charge in [-0.1, -0.05) is 23.7 Å². The first-order valence-electron chi connectivity index (χ1n) is 7.51. The van der Waals surface area contributed by atoms with Gasteiger partial charge in [0.1, 0.15) is 0 Å². The van der Waals surface area contributed by atoms with Gasteiger partial charge in [0.15, 0.2) is 0 Å². The van der Waals surface area contributed by atoms with E-state index in [0.717, 1.165) is 11.3 Å². The Hall–Kier alpha value is -1.98. The van der Waals surface area contributed by atoms with Crippen LogP contribution in [0.5, 0.6) is 0 Å². The largest absolute Gasteiger partial charge is 0.353 e. The van der Waals surface area contributed by atoms with Crippen LogP contribution in [0.3, 0.4) is 0 Å². The molecule has 0 aliphatic carbocycles. The number of likely N-dealkylation sites (N-methyl/N-ethyl adjacent to an activating group) is 1. The molecule has 1 aromatic carbocycles. The predicted octanol–water partition coefficient (Wildman–Crippen LogP) is 2.78. The summed E-state index contributed by atoms with van der Waals surface area (Å²) >= 11 is 5.84. The maximum absolute atomic E-state index is 12.0. The molecule has 0 fully saturated rings. The van der Waals surface area contributed by atoms with Gasteiger partial charge >= 0.3 is 6.03 Å². The number of carbonyl (C=O) groups is 1. The zero-order valence-electron chi connectivity index (χ0n) is 13.7. The molecular weight excluding hydrogens is 312 g/mol. The van der Waals surface area contributed by atoms with Gasteiger partial charge in [0.2, 0.25) is 0 Å². The van der Waals surface area contributed by atoms with E-state index in [0.29, 0.717) is 18.1 Å². The van der Waals surface area contributed by atoms with Crippen LogP contribution in [0.15, 0.2) is 42.6 Å². The van der Waals surface area contributed by atoms with Crippen LogP contribution in [-0.4, -0.2) is 36.1 Å². The summed E-state index contributed by atoms with van der Waals surface area (Å²) in [4.78, 5) is 14.1. The molecule has 124 valence electrons. The molecule has 0 unspecified atom stereocenters. The van der Waals surface area contributed by atoms with Crippen molar-refractivity contribution >= 4 is 17.6 Å². The lowest BCUT2D eigenvalue weighted by atomic mass is 10.2. The molecular formula is C17H23ClN4O. The van der Waals surface area contributed by atoms with Crippen LogP contribution in [0.4, 0.5) is 4.79 Å². The van der Waals surface area contributed by atoms with Gasteiger partial charge < -0.3 is 15.2 Å². The predicted molar refractivity (Wildman–Crippen MR) is 93.5 cm³/mol. The third-order valence-corrected chi connectivity index (χ3v) is 4.02. The fraction of sp³-hybridized carbons (Fsp3) is 0.353. The average molecular weight is 335 g/mol. The minimum Gasteiger partial charge on any atom is -0.353 e. The number of hydrogen-bond acceptors (Lipinski definition) is 2. The number of nitrogens with zero attached hydrogens (tertiary/aromatic N) is 2. The summed E-state index contributed by atoms with van der Waals surface area (Å²) in [6.07, 6.45) is 2.01. The van der Waals surface area contributed by atoms with Crippen molar-refractivity contribution in [2.45, 2.75) is 12.6 Å². The second-order valence-corrected chi connectivity index (χ2v) is 6.15. The van der Waals surface area contributed by atoms with E-state index in [1.54, 1.807) is 0 Å². The molecule has 0 aliphatic rings. The van der Waals surface area contributed by atoms with Crippen molar-refractivity contribution in [2.75, 3.05) is 20.6 Å². The third-order valence-electron chi connectivity index (χ3n) is 3.77. The Morgan fingerprint density at radius 2 is 1.91 bits per heavy atom. The zero-order chi connectivity index (χ0) is 16.8. The molecule has 0 spiro atoms. The van der Waals surface area contributed by atoms with Gasteiger partial charge in [-0.25, -0.2) is 4.79 Å². The SMILES string of the molecule is CN(C)[C@@H](CNC(=O)NCc1ccc(Cl)cc1)c1cccn1C. The molecule has 1 aromatic heterocycles. The van der Waals surface area contributed by atoms with E-state index in [4.69, 9.17) is 11.6 Å². The third kappa shape index (κ3) is 5.01. The minimum absolute atomic E-state index is 0.122. The quantitative estimate of drug-likeness (QED) is 0.853. The highest BCUT2D eigenvalue weighted by Gasteiger charge is 2.17. The van der Waals surface area contributed by atoms with Crippen LogP contribution in [-0.2, 0) is 13.6 Å². The lowest BCUT2D eigenvalue weighted by Crippen LogP contribution is -2.40. The first-order chi connectivity index (χ1) is 11.0. The van der Waals surface area contributed by atoms with Crippen molar-refractivity contribution in [3.8, 4) is 0 Å². The zero-order valence-corrected chi connectivity index (χ0v) is 14.5. The molecule has 6 heteroatoms. The first-order valence-corrected chi connectivity index (χ1v) is 7.89. The van der Waals surface area contributed by atoms with Gasteiger partial charge in [-0.3, -0.25) is 4.90 Å². The van der Waals surface area contributed by atoms with Crippen molar-refractivity contribution in [3.05, 3.63) is 58.9 Å². The fourth-order valence-electron chi connectivity index (χ4n) is 2.41. The Morgan fingerprint density at radius 1 is 1.22 bits per heavy atom. The number of urea groups is 1. The number of aryl methyl sites for hydroxylation is 1. The van der Waals surface area contributed by atoms with Gasteiger partial charge in [0.25, 0.3) is 0 Å². The number of nitrogens with one attached hydrogen (secondary N) is 2. The van der Waals surface area contributed by atoms with Crippen molar-refractivity contribution in [2.24, 2.45) is 7.05 Å². The molecule has 2 rings (SSSR count). The summed E-state index contributed by atoms with van der Waals surface area (Å²) in [6.45, 7) is 1.01. The highest BCUT2D eigenvalue weighted by atomic mass is 35.5. The van der Waals surface area contributed by atoms with Gasteiger partial charge in [-0.05, 0) is 43.9 Å². The Kier molecular flexibility index (Phi) is 6.07. The maximum Gasteiger partial charge on any atom is 0.315 e. The molecule has 0 bridgehead atoms. The molecule has 2 amide bonds. The Bertz CT molecular complexity index is 636. The minimum atomic E-state index is -0.180. The molecule has 5 nitrogen and oxygen atoms in total. The molecule has 2 N–H and O–H groups in total. The highest BCUT2D eigenvalue weighted by Crippen LogP contribution is 2.17. The second-order valence-electron chi connectivity index (χ2n) is 5.71. The molecule has 0 aliphatic heterocycles. The van der Waals surface area contributed by atoms with Gasteiger partial charge in [-0.15, -0.1) is 0 Å². The van der Waals surface area contributed by atoms with E-state index in [1.807, 2.05) is 57.7 Å². The van der Waals surface area contributed by atoms with Crippen molar-refractivity contribution in [3.63, 3.8) is 0 Å². The van der Waals surface area contributed by atoms with E-state index in [1.165, 1.54) is 0 Å². The maximum atomic E-state index is 12.0. The second kappa shape index (κ2) is 8.04. The summed E-state index contributed by atoms with van der Waals surface area (Å²) in [5, 5.41) is 6.47. The first kappa shape index (κ1) is 17.4. The normalized spacial score (nSPS) is 12.2. The van der Waals surface area contributed by atoms with Crippen molar-refractivity contribution in [1.29, 1.82) is 0 Å². The molecule has 23 heavy (non-hydrogen) atoms. The Morgan fingerprint density at radius 3 is 2.48 bits per heavy atom. The monoisotopic (exact) mass is 334 g/mol. The van der Waals surface area contributed by atoms with Crippen LogP contribution in [0, 0.1) is 0 Å². The fourth-order valence-corrected chi connectivity index (χ4v) is 2.53. The lowest BCUT2D eigenvalue weighted by Gasteiger charge is -2.25. The molecule has 1 atom stereocenters. The molecule has 1 heterocycles. The molecule has 2 aromatic rings. The number of benzene rings is 1. The van der Waals surface area contributed by atoms with Crippen LogP contribution < -0.4 is 10.6 Å². The summed E-state index contributed by atoms with van der Waals surface area (Å²) in [6, 6.07) is 11.4. The molecule has 0 saturated heterocycles. The van der Waals surface area contributed by atoms with Crippen molar-refractivity contribution in [1.82, 2.24) is 20.1 Å². The van der Waals surface area contributed by atoms with Gasteiger partial charge in [0.05, 0.1) is 6.04 Å². The lowest BCUT2D eigenvalue weighted by molar-refractivity contribution is 0.231. The standard InChI is InChI=1S/C17H23ClN4O/c1-21(2)16(15-5-4-10-22(15)3)12-20-17(23)19-11-13-6-8-14(18)9-7-13/h4-10,16H,11-12H2,1-3H3,(H2,19,20,23)/t16-/m0/s1. The van der Waals surface area contributed by atoms with Crippen molar-refractivity contribution < 1.29 is 4.79 Å². The van der Waals surface area contributed by atoms with E-state index >= 15 is 0 Å². The van der Waals surface area contributed by atoms with E-state index in [2.05, 4.69) is 26.2 Å². The van der Waals surface area contributed by atoms with E-state index in [-0.39, 0.29) is 12.1 Å². The Balaban J connectivity index is 1.84. The van der Waals surface area contributed by atoms with Crippen LogP contribution in [0.2, 0.25) is 5.02 Å². The smallest absolute Gasteiger partial charge is 0.315 e. The molecule has 0 radical (unpaired) electrons. The van der Waals surface area contributed by atoms with Crippen LogP contribution >= 0.6 is 11.6 Å². The van der Waals surface area contributed by atoms with Gasteiger partial charge in [-0.2, -0.15) is 0 Å². The number of halogens is 1. The summed E-state index contributed by atoms with van der Waals surface area (Å²) in [5.41, 5.74) is 2.17. The summed E-state index contributed by atoms with van der Waals surface area (Å²) < 4.78 is 2.07. The number of aromatic nitrogens is 1. The summed E-state index contributed by atoms with van der Waals surface area (Å²) in [5.74, 6) is 0. The topological polar surface area (TPSA) is 49.3 Å². The van der Waals surface area contributed by atoms with Gasteiger partial charge in [0, 0.05) is 37.1 Å². The summed E-state index contributed by atoms with van der Waals surface area (Å²) in [7, 11) is 6.02. The number of rotatable bonds is 6. The van der Waals surface area contributed by atoms with E-state index < -0.39 is 0 Å².